The lowest BCUT2D eigenvalue weighted by Gasteiger charge is -2.26. The molecule has 2 heterocycles. The first-order chi connectivity index (χ1) is 13.4. The van der Waals surface area contributed by atoms with Gasteiger partial charge >= 0.3 is 0 Å². The Bertz CT molecular complexity index is 294. The zero-order chi connectivity index (χ0) is 18.8. The van der Waals surface area contributed by atoms with Gasteiger partial charge in [-0.3, -0.25) is 0 Å². The number of ether oxygens (including phenoxy) is 9. The second-order valence-electron chi connectivity index (χ2n) is 5.98. The molecule has 9 heteroatoms. The van der Waals surface area contributed by atoms with Crippen molar-refractivity contribution in [3.05, 3.63) is 0 Å². The largest absolute Gasteiger partial charge is 0.377 e. The Morgan fingerprint density at radius 3 is 0.926 bits per heavy atom. The van der Waals surface area contributed by atoms with E-state index in [2.05, 4.69) is 0 Å². The van der Waals surface area contributed by atoms with E-state index >= 15 is 0 Å². The summed E-state index contributed by atoms with van der Waals surface area (Å²) in [4.78, 5) is 0. The molecule has 2 saturated heterocycles. The summed E-state index contributed by atoms with van der Waals surface area (Å²) in [6.45, 7) is 8.21. The molecular weight excluding hydrogens is 360 g/mol. The van der Waals surface area contributed by atoms with Crippen LogP contribution in [0.15, 0.2) is 0 Å². The Hall–Kier alpha value is -0.360. The third-order valence-corrected chi connectivity index (χ3v) is 3.87. The smallest absolute Gasteiger partial charge is 0.159 e. The highest BCUT2D eigenvalue weighted by molar-refractivity contribution is 4.54. The van der Waals surface area contributed by atoms with Crippen molar-refractivity contribution < 1.29 is 42.6 Å². The molecule has 0 saturated carbocycles. The van der Waals surface area contributed by atoms with Crippen LogP contribution >= 0.6 is 0 Å². The number of rotatable bonds is 20. The quantitative estimate of drug-likeness (QED) is 0.276. The first-order valence-corrected chi connectivity index (χ1v) is 9.80. The van der Waals surface area contributed by atoms with Crippen molar-refractivity contribution in [2.24, 2.45) is 0 Å². The monoisotopic (exact) mass is 394 g/mol. The maximum atomic E-state index is 5.41. The lowest BCUT2D eigenvalue weighted by atomic mass is 10.3. The van der Waals surface area contributed by atoms with E-state index in [1.54, 1.807) is 0 Å². The van der Waals surface area contributed by atoms with Crippen LogP contribution in [0.4, 0.5) is 0 Å². The van der Waals surface area contributed by atoms with Gasteiger partial charge in [0.25, 0.3) is 0 Å². The van der Waals surface area contributed by atoms with E-state index in [4.69, 9.17) is 42.6 Å². The van der Waals surface area contributed by atoms with Crippen molar-refractivity contribution >= 4 is 0 Å². The van der Waals surface area contributed by atoms with Crippen molar-refractivity contribution in [2.75, 3.05) is 92.5 Å². The maximum Gasteiger partial charge on any atom is 0.159 e. The van der Waals surface area contributed by atoms with Crippen LogP contribution in [0.3, 0.4) is 0 Å². The topological polar surface area (TPSA) is 83.1 Å². The van der Waals surface area contributed by atoms with Gasteiger partial charge in [-0.25, -0.2) is 0 Å². The van der Waals surface area contributed by atoms with Crippen molar-refractivity contribution in [1.29, 1.82) is 0 Å². The van der Waals surface area contributed by atoms with Crippen LogP contribution in [0.2, 0.25) is 0 Å². The molecule has 0 bridgehead atoms. The molecule has 2 aliphatic rings. The van der Waals surface area contributed by atoms with Crippen LogP contribution in [0.5, 0.6) is 0 Å². The fraction of sp³-hybridized carbons (Fsp3) is 1.00. The minimum Gasteiger partial charge on any atom is -0.377 e. The molecule has 0 aromatic carbocycles. The van der Waals surface area contributed by atoms with Crippen LogP contribution in [0.1, 0.15) is 12.8 Å². The zero-order valence-electron chi connectivity index (χ0n) is 16.1. The molecule has 0 N–H and O–H groups in total. The Morgan fingerprint density at radius 1 is 0.444 bits per heavy atom. The Kier molecular flexibility index (Phi) is 14.1. The molecule has 0 aromatic heterocycles. The highest BCUT2D eigenvalue weighted by Gasteiger charge is 2.18. The molecule has 2 atom stereocenters. The van der Waals surface area contributed by atoms with Gasteiger partial charge in [0.2, 0.25) is 0 Å². The van der Waals surface area contributed by atoms with Crippen LogP contribution in [0.25, 0.3) is 0 Å². The van der Waals surface area contributed by atoms with Crippen molar-refractivity contribution in [3.8, 4) is 0 Å². The Morgan fingerprint density at radius 2 is 0.704 bits per heavy atom. The molecule has 0 aromatic rings. The Balaban J connectivity index is 1.15. The molecule has 2 aliphatic heterocycles. The summed E-state index contributed by atoms with van der Waals surface area (Å²) in [5.41, 5.74) is 0. The summed E-state index contributed by atoms with van der Waals surface area (Å²) in [5.74, 6) is 0. The van der Waals surface area contributed by atoms with E-state index in [1.807, 2.05) is 0 Å². The molecular formula is C18H34O9. The summed E-state index contributed by atoms with van der Waals surface area (Å²) < 4.78 is 48.0. The van der Waals surface area contributed by atoms with Gasteiger partial charge in [0.1, 0.15) is 0 Å². The standard InChI is InChI=1S/C18H34O9/c1-3-24-17(1)26-15-13-22-11-9-20-7-5-19-6-8-21-10-12-23-14-16-27-18-2-4-25-18/h17-18H,1-16H2. The summed E-state index contributed by atoms with van der Waals surface area (Å²) >= 11 is 0. The molecule has 0 amide bonds. The van der Waals surface area contributed by atoms with Gasteiger partial charge in [-0.1, -0.05) is 0 Å². The molecule has 9 nitrogen and oxygen atoms in total. The lowest BCUT2D eigenvalue weighted by molar-refractivity contribution is -0.219. The van der Waals surface area contributed by atoms with Crippen LogP contribution < -0.4 is 0 Å². The first kappa shape index (κ1) is 22.9. The molecule has 160 valence electrons. The third-order valence-electron chi connectivity index (χ3n) is 3.87. The predicted molar refractivity (Wildman–Crippen MR) is 94.7 cm³/mol. The van der Waals surface area contributed by atoms with E-state index in [-0.39, 0.29) is 12.6 Å². The van der Waals surface area contributed by atoms with E-state index in [0.29, 0.717) is 79.3 Å². The second kappa shape index (κ2) is 16.6. The van der Waals surface area contributed by atoms with Crippen LogP contribution in [-0.4, -0.2) is 105 Å². The predicted octanol–water partition coefficient (Wildman–Crippen LogP) is 0.595. The van der Waals surface area contributed by atoms with E-state index in [9.17, 15) is 0 Å². The SMILES string of the molecule is C(COCCOCCOC1CCO1)OCCOCCOCCOC1CCO1. The molecule has 2 fully saturated rings. The molecule has 27 heavy (non-hydrogen) atoms. The van der Waals surface area contributed by atoms with Gasteiger partial charge in [0.05, 0.1) is 92.5 Å². The number of hydrogen-bond donors (Lipinski definition) is 0. The van der Waals surface area contributed by atoms with E-state index in [0.717, 1.165) is 26.1 Å². The van der Waals surface area contributed by atoms with Gasteiger partial charge in [0, 0.05) is 12.8 Å². The molecule has 0 aliphatic carbocycles. The van der Waals surface area contributed by atoms with Gasteiger partial charge in [-0.05, 0) is 0 Å². The normalized spacial score (nSPS) is 21.8. The third kappa shape index (κ3) is 12.7. The second-order valence-corrected chi connectivity index (χ2v) is 5.98. The van der Waals surface area contributed by atoms with Gasteiger partial charge in [-0.15, -0.1) is 0 Å². The molecule has 0 spiro atoms. The summed E-state index contributed by atoms with van der Waals surface area (Å²) in [5, 5.41) is 0. The number of hydrogen-bond acceptors (Lipinski definition) is 9. The van der Waals surface area contributed by atoms with Gasteiger partial charge < -0.3 is 42.6 Å². The van der Waals surface area contributed by atoms with E-state index in [1.165, 1.54) is 0 Å². The van der Waals surface area contributed by atoms with Gasteiger partial charge in [0.15, 0.2) is 12.6 Å². The fourth-order valence-corrected chi connectivity index (χ4v) is 2.15. The van der Waals surface area contributed by atoms with Crippen molar-refractivity contribution in [3.63, 3.8) is 0 Å². The summed E-state index contributed by atoms with van der Waals surface area (Å²) in [6, 6.07) is 0. The van der Waals surface area contributed by atoms with Crippen LogP contribution in [0, 0.1) is 0 Å². The summed E-state index contributed by atoms with van der Waals surface area (Å²) in [7, 11) is 0. The average molecular weight is 394 g/mol. The first-order valence-electron chi connectivity index (χ1n) is 9.80. The van der Waals surface area contributed by atoms with Crippen LogP contribution in [-0.2, 0) is 42.6 Å². The fourth-order valence-electron chi connectivity index (χ4n) is 2.15. The molecule has 0 radical (unpaired) electrons. The zero-order valence-corrected chi connectivity index (χ0v) is 16.1. The highest BCUT2D eigenvalue weighted by atomic mass is 16.7. The van der Waals surface area contributed by atoms with Crippen molar-refractivity contribution in [2.45, 2.75) is 25.4 Å². The Labute approximate surface area is 161 Å². The van der Waals surface area contributed by atoms with Crippen molar-refractivity contribution in [1.82, 2.24) is 0 Å². The maximum absolute atomic E-state index is 5.41. The minimum atomic E-state index is -0.0229. The van der Waals surface area contributed by atoms with E-state index < -0.39 is 0 Å². The summed E-state index contributed by atoms with van der Waals surface area (Å²) in [6.07, 6.45) is 1.91. The minimum absolute atomic E-state index is 0.0229. The van der Waals surface area contributed by atoms with Gasteiger partial charge in [-0.2, -0.15) is 0 Å². The average Bonchev–Trinajstić information content (AvgIpc) is 2.60. The lowest BCUT2D eigenvalue weighted by Crippen LogP contribution is -2.30. The highest BCUT2D eigenvalue weighted by Crippen LogP contribution is 2.11. The molecule has 2 unspecified atom stereocenters. The molecule has 2 rings (SSSR count).